The SMILES string of the molecule is CC(C)Cn1c(=O)c2sccc2n2c(CCCC(=O)N3CC=C(c4ccccc4)CC3)nnc12. The molecule has 0 saturated carbocycles. The average molecular weight is 476 g/mol. The molecular formula is C26H29N5O2S. The number of hydrogen-bond donors (Lipinski definition) is 0. The molecule has 0 atom stereocenters. The molecule has 4 heterocycles. The molecule has 4 aromatic rings. The molecule has 0 N–H and O–H groups in total. The number of carbonyl (C=O) groups excluding carboxylic acids is 1. The zero-order valence-electron chi connectivity index (χ0n) is 19.6. The van der Waals surface area contributed by atoms with Crippen LogP contribution in [-0.2, 0) is 17.8 Å². The highest BCUT2D eigenvalue weighted by Crippen LogP contribution is 2.23. The monoisotopic (exact) mass is 475 g/mol. The molecule has 3 aromatic heterocycles. The summed E-state index contributed by atoms with van der Waals surface area (Å²) in [5.41, 5.74) is 3.40. The van der Waals surface area contributed by atoms with E-state index in [1.54, 1.807) is 4.57 Å². The van der Waals surface area contributed by atoms with Gasteiger partial charge in [-0.3, -0.25) is 18.6 Å². The number of fused-ring (bicyclic) bond motifs is 3. The number of nitrogens with zero attached hydrogens (tertiary/aromatic N) is 5. The van der Waals surface area contributed by atoms with Crippen LogP contribution in [0.15, 0.2) is 52.6 Å². The maximum absolute atomic E-state index is 13.0. The number of carbonyl (C=O) groups is 1. The molecule has 0 radical (unpaired) electrons. The van der Waals surface area contributed by atoms with Crippen molar-refractivity contribution in [3.05, 3.63) is 69.6 Å². The fourth-order valence-electron chi connectivity index (χ4n) is 4.64. The Labute approximate surface area is 202 Å². The summed E-state index contributed by atoms with van der Waals surface area (Å²) in [6.45, 7) is 6.19. The molecule has 1 aromatic carbocycles. The van der Waals surface area contributed by atoms with Crippen molar-refractivity contribution >= 4 is 38.8 Å². The maximum atomic E-state index is 13.0. The van der Waals surface area contributed by atoms with Gasteiger partial charge in [0.05, 0.1) is 5.52 Å². The molecule has 8 heteroatoms. The van der Waals surface area contributed by atoms with Gasteiger partial charge in [-0.2, -0.15) is 0 Å². The molecule has 176 valence electrons. The molecule has 0 bridgehead atoms. The zero-order valence-corrected chi connectivity index (χ0v) is 20.4. The fraction of sp³-hybridized carbons (Fsp3) is 0.385. The van der Waals surface area contributed by atoms with Crippen LogP contribution < -0.4 is 5.56 Å². The van der Waals surface area contributed by atoms with E-state index in [1.807, 2.05) is 38.9 Å². The first kappa shape index (κ1) is 22.5. The van der Waals surface area contributed by atoms with Crippen molar-refractivity contribution < 1.29 is 4.79 Å². The van der Waals surface area contributed by atoms with Crippen LogP contribution in [0.5, 0.6) is 0 Å². The predicted molar refractivity (Wildman–Crippen MR) is 136 cm³/mol. The van der Waals surface area contributed by atoms with E-state index in [0.29, 0.717) is 44.0 Å². The van der Waals surface area contributed by atoms with Gasteiger partial charge in [-0.15, -0.1) is 21.5 Å². The van der Waals surface area contributed by atoms with Gasteiger partial charge in [0.1, 0.15) is 10.5 Å². The Balaban J connectivity index is 1.28. The number of hydrogen-bond acceptors (Lipinski definition) is 5. The summed E-state index contributed by atoms with van der Waals surface area (Å²) in [4.78, 5) is 27.7. The second-order valence-corrected chi connectivity index (χ2v) is 10.2. The molecule has 0 saturated heterocycles. The topological polar surface area (TPSA) is 72.5 Å². The number of amides is 1. The third-order valence-corrected chi connectivity index (χ3v) is 7.22. The van der Waals surface area contributed by atoms with Crippen molar-refractivity contribution in [1.29, 1.82) is 0 Å². The molecule has 0 unspecified atom stereocenters. The van der Waals surface area contributed by atoms with E-state index in [1.165, 1.54) is 22.5 Å². The molecule has 0 spiro atoms. The number of aromatic nitrogens is 4. The first-order chi connectivity index (χ1) is 16.5. The van der Waals surface area contributed by atoms with E-state index in [4.69, 9.17) is 0 Å². The Hall–Kier alpha value is -3.26. The lowest BCUT2D eigenvalue weighted by Gasteiger charge is -2.26. The van der Waals surface area contributed by atoms with Gasteiger partial charge in [0.15, 0.2) is 0 Å². The van der Waals surface area contributed by atoms with Crippen LogP contribution in [0, 0.1) is 5.92 Å². The normalized spacial score (nSPS) is 14.3. The van der Waals surface area contributed by atoms with E-state index >= 15 is 0 Å². The van der Waals surface area contributed by atoms with Crippen molar-refractivity contribution in [1.82, 2.24) is 24.1 Å². The van der Waals surface area contributed by atoms with E-state index in [9.17, 15) is 9.59 Å². The van der Waals surface area contributed by atoms with Gasteiger partial charge in [-0.25, -0.2) is 0 Å². The minimum absolute atomic E-state index is 0.00615. The van der Waals surface area contributed by atoms with Crippen LogP contribution in [0.2, 0.25) is 0 Å². The van der Waals surface area contributed by atoms with Gasteiger partial charge in [0.2, 0.25) is 11.7 Å². The Morgan fingerprint density at radius 2 is 1.97 bits per heavy atom. The van der Waals surface area contributed by atoms with Gasteiger partial charge < -0.3 is 4.90 Å². The smallest absolute Gasteiger partial charge is 0.272 e. The van der Waals surface area contributed by atoms with E-state index < -0.39 is 0 Å². The minimum atomic E-state index is -0.00615. The van der Waals surface area contributed by atoms with Crippen LogP contribution in [0.25, 0.3) is 21.6 Å². The van der Waals surface area contributed by atoms with Crippen LogP contribution in [0.3, 0.4) is 0 Å². The fourth-order valence-corrected chi connectivity index (χ4v) is 5.46. The van der Waals surface area contributed by atoms with Crippen LogP contribution in [0.1, 0.15) is 44.5 Å². The van der Waals surface area contributed by atoms with E-state index in [-0.39, 0.29) is 11.5 Å². The summed E-state index contributed by atoms with van der Waals surface area (Å²) >= 11 is 1.45. The quantitative estimate of drug-likeness (QED) is 0.397. The summed E-state index contributed by atoms with van der Waals surface area (Å²) in [7, 11) is 0. The Morgan fingerprint density at radius 3 is 2.71 bits per heavy atom. The first-order valence-electron chi connectivity index (χ1n) is 11.9. The lowest BCUT2D eigenvalue weighted by atomic mass is 9.99. The highest BCUT2D eigenvalue weighted by molar-refractivity contribution is 7.17. The number of rotatable bonds is 7. The third kappa shape index (κ3) is 4.30. The second kappa shape index (κ2) is 9.54. The van der Waals surface area contributed by atoms with Crippen LogP contribution >= 0.6 is 11.3 Å². The van der Waals surface area contributed by atoms with Crippen molar-refractivity contribution in [2.24, 2.45) is 5.92 Å². The summed E-state index contributed by atoms with van der Waals surface area (Å²) in [6, 6.07) is 12.3. The molecule has 34 heavy (non-hydrogen) atoms. The predicted octanol–water partition coefficient (Wildman–Crippen LogP) is 4.40. The molecule has 7 nitrogen and oxygen atoms in total. The summed E-state index contributed by atoms with van der Waals surface area (Å²) in [5, 5.41) is 10.7. The molecule has 1 amide bonds. The second-order valence-electron chi connectivity index (χ2n) is 9.23. The number of benzene rings is 1. The highest BCUT2D eigenvalue weighted by Gasteiger charge is 2.20. The highest BCUT2D eigenvalue weighted by atomic mass is 32.1. The summed E-state index contributed by atoms with van der Waals surface area (Å²) in [6.07, 6.45) is 4.86. The molecular weight excluding hydrogens is 446 g/mol. The Bertz CT molecular complexity index is 1410. The van der Waals surface area contributed by atoms with Gasteiger partial charge in [-0.1, -0.05) is 50.3 Å². The molecule has 5 rings (SSSR count). The molecule has 0 fully saturated rings. The lowest BCUT2D eigenvalue weighted by molar-refractivity contribution is -0.130. The van der Waals surface area contributed by atoms with Gasteiger partial charge in [0, 0.05) is 32.5 Å². The lowest BCUT2D eigenvalue weighted by Crippen LogP contribution is -2.34. The number of thiophene rings is 1. The van der Waals surface area contributed by atoms with E-state index in [2.05, 4.69) is 42.3 Å². The summed E-state index contributed by atoms with van der Waals surface area (Å²) < 4.78 is 4.45. The standard InChI is InChI=1S/C26H29N5O2S/c1-18(2)17-30-25(33)24-21(13-16-34-24)31-22(27-28-26(30)31)9-6-10-23(32)29-14-11-20(12-15-29)19-7-4-3-5-8-19/h3-5,7-8,11,13,16,18H,6,9-10,12,14-15,17H2,1-2H3. The Kier molecular flexibility index (Phi) is 6.32. The first-order valence-corrected chi connectivity index (χ1v) is 12.8. The van der Waals surface area contributed by atoms with Gasteiger partial charge in [0.25, 0.3) is 5.56 Å². The number of aryl methyl sites for hydroxylation is 1. The molecule has 0 aliphatic carbocycles. The third-order valence-electron chi connectivity index (χ3n) is 6.32. The Morgan fingerprint density at radius 1 is 1.15 bits per heavy atom. The zero-order chi connectivity index (χ0) is 23.7. The van der Waals surface area contributed by atoms with Crippen LogP contribution in [-0.4, -0.2) is 43.1 Å². The molecule has 1 aliphatic rings. The molecule has 1 aliphatic heterocycles. The van der Waals surface area contributed by atoms with Crippen molar-refractivity contribution in [3.63, 3.8) is 0 Å². The van der Waals surface area contributed by atoms with E-state index in [0.717, 1.165) is 29.0 Å². The minimum Gasteiger partial charge on any atom is -0.339 e. The largest absolute Gasteiger partial charge is 0.339 e. The van der Waals surface area contributed by atoms with Crippen molar-refractivity contribution in [3.8, 4) is 0 Å². The summed E-state index contributed by atoms with van der Waals surface area (Å²) in [5.74, 6) is 1.88. The average Bonchev–Trinajstić information content (AvgIpc) is 3.50. The van der Waals surface area contributed by atoms with Crippen molar-refractivity contribution in [2.45, 2.75) is 46.1 Å². The van der Waals surface area contributed by atoms with Gasteiger partial charge >= 0.3 is 0 Å². The maximum Gasteiger partial charge on any atom is 0.272 e. The van der Waals surface area contributed by atoms with Crippen LogP contribution in [0.4, 0.5) is 0 Å². The van der Waals surface area contributed by atoms with Crippen molar-refractivity contribution in [2.75, 3.05) is 13.1 Å². The van der Waals surface area contributed by atoms with Gasteiger partial charge in [-0.05, 0) is 41.3 Å².